The van der Waals surface area contributed by atoms with Gasteiger partial charge in [-0.15, -0.1) is 0 Å². The molecule has 80 valence electrons. The van der Waals surface area contributed by atoms with Gasteiger partial charge in [-0.3, -0.25) is 4.79 Å². The summed E-state index contributed by atoms with van der Waals surface area (Å²) in [5.74, 6) is 1.47. The number of rotatable bonds is 2. The summed E-state index contributed by atoms with van der Waals surface area (Å²) in [7, 11) is 0. The van der Waals surface area contributed by atoms with Gasteiger partial charge >= 0.3 is 0 Å². The molecule has 1 aromatic heterocycles. The van der Waals surface area contributed by atoms with Crippen LogP contribution in [0.3, 0.4) is 0 Å². The van der Waals surface area contributed by atoms with Crippen molar-refractivity contribution in [1.29, 1.82) is 0 Å². The smallest absolute Gasteiger partial charge is 0.141 e. The maximum absolute atomic E-state index is 11.6. The minimum Gasteiger partial charge on any atom is -0.335 e. The van der Waals surface area contributed by atoms with Gasteiger partial charge in [-0.2, -0.15) is 0 Å². The van der Waals surface area contributed by atoms with Gasteiger partial charge in [0.25, 0.3) is 0 Å². The number of carbonyl (C=O) groups is 1. The molecular weight excluding hydrogens is 188 g/mol. The van der Waals surface area contributed by atoms with Gasteiger partial charge in [0, 0.05) is 19.2 Å². The van der Waals surface area contributed by atoms with E-state index in [-0.39, 0.29) is 11.2 Å². The predicted molar refractivity (Wildman–Crippen MR) is 56.8 cm³/mol. The van der Waals surface area contributed by atoms with Crippen molar-refractivity contribution in [2.45, 2.75) is 51.0 Å². The normalized spacial score (nSPS) is 22.2. The van der Waals surface area contributed by atoms with Crippen molar-refractivity contribution in [3.8, 4) is 0 Å². The number of nitrogens with zero attached hydrogens (tertiary/aromatic N) is 2. The van der Waals surface area contributed by atoms with Gasteiger partial charge < -0.3 is 4.57 Å². The molecule has 0 unspecified atom stereocenters. The summed E-state index contributed by atoms with van der Waals surface area (Å²) < 4.78 is 2.24. The number of ketones is 1. The van der Waals surface area contributed by atoms with Gasteiger partial charge in [-0.05, 0) is 32.6 Å². The number of hydrogen-bond acceptors (Lipinski definition) is 2. The van der Waals surface area contributed by atoms with E-state index in [2.05, 4.69) is 15.7 Å². The Morgan fingerprint density at radius 3 is 2.87 bits per heavy atom. The molecule has 1 aliphatic heterocycles. The Bertz CT molecular complexity index is 392. The number of aryl methyl sites for hydroxylation is 2. The first-order valence-electron chi connectivity index (χ1n) is 5.80. The fourth-order valence-corrected chi connectivity index (χ4v) is 2.56. The number of Topliss-reactive ketones (excluding diaryl/α,β-unsaturated/α-hetero) is 1. The molecular formula is C12H16N2O. The maximum Gasteiger partial charge on any atom is 0.141 e. The van der Waals surface area contributed by atoms with Crippen LogP contribution in [0.4, 0.5) is 0 Å². The summed E-state index contributed by atoms with van der Waals surface area (Å²) >= 11 is 0. The molecule has 0 spiro atoms. The first-order chi connectivity index (χ1) is 7.22. The van der Waals surface area contributed by atoms with Crippen LogP contribution in [0.2, 0.25) is 0 Å². The topological polar surface area (TPSA) is 34.9 Å². The molecule has 2 heterocycles. The van der Waals surface area contributed by atoms with Crippen LogP contribution in [0, 0.1) is 0 Å². The Labute approximate surface area is 89.5 Å². The lowest BCUT2D eigenvalue weighted by atomic mass is 9.99. The average Bonchev–Trinajstić information content (AvgIpc) is 2.93. The quantitative estimate of drug-likeness (QED) is 0.736. The van der Waals surface area contributed by atoms with E-state index in [0.29, 0.717) is 0 Å². The van der Waals surface area contributed by atoms with Crippen LogP contribution in [-0.4, -0.2) is 15.3 Å². The van der Waals surface area contributed by atoms with E-state index in [1.807, 2.05) is 0 Å². The third-order valence-electron chi connectivity index (χ3n) is 3.82. The third-order valence-corrected chi connectivity index (χ3v) is 3.82. The van der Waals surface area contributed by atoms with Crippen molar-refractivity contribution >= 4 is 5.78 Å². The zero-order valence-electron chi connectivity index (χ0n) is 9.12. The van der Waals surface area contributed by atoms with Gasteiger partial charge in [0.05, 0.1) is 11.1 Å². The minimum absolute atomic E-state index is 0.190. The zero-order valence-corrected chi connectivity index (χ0v) is 9.12. The van der Waals surface area contributed by atoms with E-state index in [1.165, 1.54) is 18.7 Å². The van der Waals surface area contributed by atoms with Crippen molar-refractivity contribution in [1.82, 2.24) is 9.55 Å². The Balaban J connectivity index is 1.99. The summed E-state index contributed by atoms with van der Waals surface area (Å²) in [5, 5.41) is 0. The van der Waals surface area contributed by atoms with Crippen molar-refractivity contribution in [3.63, 3.8) is 0 Å². The zero-order chi connectivity index (χ0) is 10.5. The van der Waals surface area contributed by atoms with E-state index >= 15 is 0 Å². The van der Waals surface area contributed by atoms with E-state index in [0.717, 1.165) is 31.5 Å². The van der Waals surface area contributed by atoms with E-state index in [4.69, 9.17) is 0 Å². The largest absolute Gasteiger partial charge is 0.335 e. The Morgan fingerprint density at radius 1 is 1.47 bits per heavy atom. The second-order valence-corrected chi connectivity index (χ2v) is 4.83. The van der Waals surface area contributed by atoms with Gasteiger partial charge in [-0.25, -0.2) is 4.98 Å². The van der Waals surface area contributed by atoms with E-state index in [9.17, 15) is 4.79 Å². The summed E-state index contributed by atoms with van der Waals surface area (Å²) in [6, 6.07) is 0. The first kappa shape index (κ1) is 9.13. The molecule has 3 nitrogen and oxygen atoms in total. The summed E-state index contributed by atoms with van der Waals surface area (Å²) in [4.78, 5) is 16.2. The van der Waals surface area contributed by atoms with Crippen LogP contribution in [0.1, 0.15) is 44.1 Å². The van der Waals surface area contributed by atoms with Gasteiger partial charge in [-0.1, -0.05) is 0 Å². The van der Waals surface area contributed by atoms with Crippen molar-refractivity contribution in [2.24, 2.45) is 0 Å². The second-order valence-electron chi connectivity index (χ2n) is 4.83. The van der Waals surface area contributed by atoms with Crippen LogP contribution >= 0.6 is 0 Å². The van der Waals surface area contributed by atoms with Crippen LogP contribution in [0.5, 0.6) is 0 Å². The maximum atomic E-state index is 11.6. The number of fused-ring (bicyclic) bond motifs is 1. The molecule has 0 amide bonds. The molecule has 1 fully saturated rings. The molecule has 0 saturated heterocycles. The Morgan fingerprint density at radius 2 is 2.27 bits per heavy atom. The molecule has 3 heteroatoms. The fraction of sp³-hybridized carbons (Fsp3) is 0.667. The summed E-state index contributed by atoms with van der Waals surface area (Å²) in [6.07, 6.45) is 7.67. The molecule has 1 saturated carbocycles. The van der Waals surface area contributed by atoms with Crippen LogP contribution in [0.15, 0.2) is 6.20 Å². The van der Waals surface area contributed by atoms with E-state index < -0.39 is 0 Å². The molecule has 2 aliphatic rings. The summed E-state index contributed by atoms with van der Waals surface area (Å²) in [5.41, 5.74) is 0.844. The lowest BCUT2D eigenvalue weighted by molar-refractivity contribution is -0.119. The van der Waals surface area contributed by atoms with Crippen LogP contribution in [-0.2, 0) is 23.2 Å². The number of aromatic nitrogens is 2. The molecule has 15 heavy (non-hydrogen) atoms. The Hall–Kier alpha value is -1.12. The Kier molecular flexibility index (Phi) is 1.79. The number of carbonyl (C=O) groups excluding carboxylic acids is 1. The van der Waals surface area contributed by atoms with Gasteiger partial charge in [0.15, 0.2) is 0 Å². The highest BCUT2D eigenvalue weighted by molar-refractivity contribution is 5.90. The van der Waals surface area contributed by atoms with E-state index in [1.54, 1.807) is 6.92 Å². The molecule has 0 bridgehead atoms. The average molecular weight is 204 g/mol. The SMILES string of the molecule is CC(=O)C1(c2cn3c(n2)CCCC3)CC1. The van der Waals surface area contributed by atoms with Crippen molar-refractivity contribution in [3.05, 3.63) is 17.7 Å². The lowest BCUT2D eigenvalue weighted by Crippen LogP contribution is -2.17. The van der Waals surface area contributed by atoms with Gasteiger partial charge in [0.2, 0.25) is 0 Å². The molecule has 0 radical (unpaired) electrons. The first-order valence-corrected chi connectivity index (χ1v) is 5.80. The summed E-state index contributed by atoms with van der Waals surface area (Å²) in [6.45, 7) is 2.78. The number of imidazole rings is 1. The highest BCUT2D eigenvalue weighted by atomic mass is 16.1. The monoisotopic (exact) mass is 204 g/mol. The van der Waals surface area contributed by atoms with Crippen LogP contribution in [0.25, 0.3) is 0 Å². The van der Waals surface area contributed by atoms with Crippen molar-refractivity contribution in [2.75, 3.05) is 0 Å². The van der Waals surface area contributed by atoms with Crippen LogP contribution < -0.4 is 0 Å². The molecule has 0 N–H and O–H groups in total. The van der Waals surface area contributed by atoms with Gasteiger partial charge in [0.1, 0.15) is 11.6 Å². The standard InChI is InChI=1S/C12H16N2O/c1-9(15)12(5-6-12)10-8-14-7-3-2-4-11(14)13-10/h8H,2-7H2,1H3. The predicted octanol–water partition coefficient (Wildman–Crippen LogP) is 1.84. The molecule has 0 aromatic carbocycles. The molecule has 0 atom stereocenters. The molecule has 1 aliphatic carbocycles. The lowest BCUT2D eigenvalue weighted by Gasteiger charge is -2.11. The van der Waals surface area contributed by atoms with Crippen molar-refractivity contribution < 1.29 is 4.79 Å². The second kappa shape index (κ2) is 2.94. The highest BCUT2D eigenvalue weighted by Gasteiger charge is 2.50. The minimum atomic E-state index is -0.190. The molecule has 3 rings (SSSR count). The fourth-order valence-electron chi connectivity index (χ4n) is 2.56. The number of hydrogen-bond donors (Lipinski definition) is 0. The molecule has 1 aromatic rings. The highest BCUT2D eigenvalue weighted by Crippen LogP contribution is 2.48. The third kappa shape index (κ3) is 1.25.